The number of rotatable bonds is 7. The molecule has 236 valence electrons. The molecular weight excluding hydrogens is 596 g/mol. The Balaban J connectivity index is 1.40. The molecule has 0 saturated carbocycles. The fourth-order valence-corrected chi connectivity index (χ4v) is 6.33. The number of benzene rings is 2. The minimum Gasteiger partial charge on any atom is -0.495 e. The molecule has 12 heteroatoms. The predicted molar refractivity (Wildman–Crippen MR) is 170 cm³/mol. The van der Waals surface area contributed by atoms with Crippen LogP contribution in [-0.4, -0.2) is 56.3 Å². The van der Waals surface area contributed by atoms with E-state index in [0.717, 1.165) is 18.4 Å². The number of fused-ring (bicyclic) bond motifs is 1. The molecule has 0 atom stereocenters. The molecule has 5 rings (SSSR count). The van der Waals surface area contributed by atoms with Gasteiger partial charge in [0.05, 0.1) is 18.3 Å². The third-order valence-electron chi connectivity index (χ3n) is 7.59. The predicted octanol–water partition coefficient (Wildman–Crippen LogP) is 5.84. The van der Waals surface area contributed by atoms with E-state index >= 15 is 0 Å². The van der Waals surface area contributed by atoms with Gasteiger partial charge in [-0.3, -0.25) is 10.1 Å². The van der Waals surface area contributed by atoms with Crippen LogP contribution in [-0.2, 0) is 24.9 Å². The Bertz CT molecular complexity index is 1860. The first-order valence-corrected chi connectivity index (χ1v) is 16.0. The molecule has 0 radical (unpaired) electrons. The monoisotopic (exact) mass is 632 g/mol. The van der Waals surface area contributed by atoms with Gasteiger partial charge < -0.3 is 14.2 Å². The minimum absolute atomic E-state index is 0.0805. The number of methoxy groups -OCH3 is 1. The summed E-state index contributed by atoms with van der Waals surface area (Å²) in [5.74, 6) is -0.450. The maximum absolute atomic E-state index is 13.5. The first-order valence-electron chi connectivity index (χ1n) is 14.5. The normalized spacial score (nSPS) is 14.9. The number of amides is 2. The number of carbonyl (C=O) groups excluding carboxylic acids is 2. The van der Waals surface area contributed by atoms with Crippen molar-refractivity contribution >= 4 is 38.7 Å². The summed E-state index contributed by atoms with van der Waals surface area (Å²) in [7, 11) is -2.94. The lowest BCUT2D eigenvalue weighted by Gasteiger charge is -2.34. The molecule has 11 nitrogen and oxygen atoms in total. The minimum atomic E-state index is -4.32. The van der Waals surface area contributed by atoms with Gasteiger partial charge >= 0.3 is 6.09 Å². The number of nitrogens with zero attached hydrogens (tertiary/aromatic N) is 2. The van der Waals surface area contributed by atoms with Crippen LogP contribution in [0.2, 0.25) is 0 Å². The summed E-state index contributed by atoms with van der Waals surface area (Å²) in [5, 5.41) is 3.31. The van der Waals surface area contributed by atoms with Crippen molar-refractivity contribution in [3.05, 3.63) is 78.0 Å². The van der Waals surface area contributed by atoms with Crippen LogP contribution in [0.4, 0.5) is 10.6 Å². The van der Waals surface area contributed by atoms with Gasteiger partial charge in [-0.1, -0.05) is 31.2 Å². The molecule has 1 saturated heterocycles. The number of sulfonamides is 1. The zero-order valence-corrected chi connectivity index (χ0v) is 26.7. The molecule has 0 aliphatic carbocycles. The Morgan fingerprint density at radius 2 is 1.69 bits per heavy atom. The molecule has 2 aromatic carbocycles. The summed E-state index contributed by atoms with van der Waals surface area (Å²) >= 11 is 0. The molecule has 2 N–H and O–H groups in total. The smallest absolute Gasteiger partial charge is 0.413 e. The average molecular weight is 633 g/mol. The molecule has 2 aromatic heterocycles. The van der Waals surface area contributed by atoms with E-state index in [1.807, 2.05) is 12.1 Å². The number of anilines is 1. The molecule has 3 heterocycles. The summed E-state index contributed by atoms with van der Waals surface area (Å²) in [6, 6.07) is 18.7. The van der Waals surface area contributed by atoms with Crippen LogP contribution in [0.3, 0.4) is 0 Å². The van der Waals surface area contributed by atoms with Crippen LogP contribution in [0.15, 0.2) is 71.6 Å². The first-order chi connectivity index (χ1) is 21.3. The fourth-order valence-electron chi connectivity index (χ4n) is 5.17. The molecule has 1 fully saturated rings. The summed E-state index contributed by atoms with van der Waals surface area (Å²) in [4.78, 5) is 34.4. The summed E-state index contributed by atoms with van der Waals surface area (Å²) in [6.07, 6.45) is 0.863. The molecule has 1 aliphatic heterocycles. The highest BCUT2D eigenvalue weighted by molar-refractivity contribution is 7.90. The van der Waals surface area contributed by atoms with E-state index in [0.29, 0.717) is 41.2 Å². The third-order valence-corrected chi connectivity index (χ3v) is 8.94. The van der Waals surface area contributed by atoms with Gasteiger partial charge in [-0.25, -0.2) is 27.9 Å². The second-order valence-corrected chi connectivity index (χ2v) is 13.7. The van der Waals surface area contributed by atoms with Crippen molar-refractivity contribution < 1.29 is 32.2 Å². The van der Waals surface area contributed by atoms with E-state index < -0.39 is 27.6 Å². The van der Waals surface area contributed by atoms with Gasteiger partial charge in [-0.2, -0.15) is 0 Å². The highest BCUT2D eigenvalue weighted by Gasteiger charge is 2.32. The number of hydrogen-bond acceptors (Lipinski definition) is 9. The highest BCUT2D eigenvalue weighted by atomic mass is 32.2. The number of nitrogens with one attached hydrogen (secondary N) is 2. The first kappa shape index (κ1) is 31.9. The molecule has 4 aromatic rings. The van der Waals surface area contributed by atoms with Gasteiger partial charge in [0.15, 0.2) is 0 Å². The number of ether oxygens (including phenoxy) is 3. The Labute approximate surface area is 262 Å². The highest BCUT2D eigenvalue weighted by Crippen LogP contribution is 2.37. The van der Waals surface area contributed by atoms with Crippen LogP contribution < -0.4 is 14.8 Å². The summed E-state index contributed by atoms with van der Waals surface area (Å²) in [5.41, 5.74) is 1.54. The van der Waals surface area contributed by atoms with E-state index in [2.05, 4.69) is 26.9 Å². The second kappa shape index (κ2) is 12.4. The van der Waals surface area contributed by atoms with Gasteiger partial charge in [-0.15, -0.1) is 0 Å². The van der Waals surface area contributed by atoms with Crippen molar-refractivity contribution in [3.8, 4) is 17.0 Å². The second-order valence-electron chi connectivity index (χ2n) is 12.1. The van der Waals surface area contributed by atoms with E-state index in [9.17, 15) is 18.0 Å². The van der Waals surface area contributed by atoms with E-state index in [4.69, 9.17) is 14.2 Å². The van der Waals surface area contributed by atoms with Gasteiger partial charge in [-0.05, 0) is 87.1 Å². The zero-order chi connectivity index (χ0) is 32.4. The van der Waals surface area contributed by atoms with Crippen LogP contribution in [0.5, 0.6) is 5.75 Å². The van der Waals surface area contributed by atoms with Crippen molar-refractivity contribution in [3.63, 3.8) is 0 Å². The van der Waals surface area contributed by atoms with E-state index in [-0.39, 0.29) is 21.8 Å². The number of hydrogen-bond donors (Lipinski definition) is 2. The molecule has 2 amide bonds. The fraction of sp³-hybridized carbons (Fsp3) is 0.333. The van der Waals surface area contributed by atoms with Crippen molar-refractivity contribution in [1.82, 2.24) is 14.7 Å². The number of aromatic nitrogens is 2. The van der Waals surface area contributed by atoms with E-state index in [1.54, 1.807) is 69.3 Å². The summed E-state index contributed by atoms with van der Waals surface area (Å²) in [6.45, 7) is 8.55. The Hall–Kier alpha value is -4.55. The average Bonchev–Trinajstić information content (AvgIpc) is 2.99. The van der Waals surface area contributed by atoms with Crippen molar-refractivity contribution in [1.29, 1.82) is 0 Å². The zero-order valence-electron chi connectivity index (χ0n) is 25.8. The van der Waals surface area contributed by atoms with Gasteiger partial charge in [0.2, 0.25) is 0 Å². The number of carbonyl (C=O) groups is 2. The van der Waals surface area contributed by atoms with Crippen LogP contribution >= 0.6 is 0 Å². The number of pyridine rings is 2. The van der Waals surface area contributed by atoms with Crippen LogP contribution in [0, 0.1) is 0 Å². The van der Waals surface area contributed by atoms with Gasteiger partial charge in [0.25, 0.3) is 15.9 Å². The van der Waals surface area contributed by atoms with Crippen molar-refractivity contribution in [2.75, 3.05) is 25.6 Å². The standard InChI is InChI=1S/C33H36N4O7S/c1-32(2,3)44-31(39)36-29-11-7-10-25(35-29)22-8-6-9-24-23(22)13-14-26(34-24)30(38)37-45(40,41)28-20-21(12-15-27(28)42-5)33(4)16-18-43-19-17-33/h6-15,20H,16-19H2,1-5H3,(H,37,38)(H,35,36,39). The maximum atomic E-state index is 13.5. The lowest BCUT2D eigenvalue weighted by Crippen LogP contribution is -2.33. The Kier molecular flexibility index (Phi) is 8.81. The van der Waals surface area contributed by atoms with Gasteiger partial charge in [0.1, 0.15) is 27.8 Å². The SMILES string of the molecule is COc1ccc(C2(C)CCOCC2)cc1S(=O)(=O)NC(=O)c1ccc2c(-c3cccc(NC(=O)OC(C)(C)C)n3)cccc2n1. The molecule has 0 unspecified atom stereocenters. The van der Waals surface area contributed by atoms with Crippen LogP contribution in [0.1, 0.15) is 56.6 Å². The molecule has 45 heavy (non-hydrogen) atoms. The van der Waals surface area contributed by atoms with Gasteiger partial charge in [0, 0.05) is 24.2 Å². The van der Waals surface area contributed by atoms with Crippen molar-refractivity contribution in [2.24, 2.45) is 0 Å². The molecular formula is C33H36N4O7S. The summed E-state index contributed by atoms with van der Waals surface area (Å²) < 4.78 is 45.3. The lowest BCUT2D eigenvalue weighted by molar-refractivity contribution is 0.0563. The largest absolute Gasteiger partial charge is 0.495 e. The topological polar surface area (TPSA) is 146 Å². The third kappa shape index (κ3) is 7.23. The molecule has 1 aliphatic rings. The molecule has 0 spiro atoms. The quantitative estimate of drug-likeness (QED) is 0.257. The maximum Gasteiger partial charge on any atom is 0.413 e. The van der Waals surface area contributed by atoms with Crippen LogP contribution in [0.25, 0.3) is 22.2 Å². The van der Waals surface area contributed by atoms with Crippen molar-refractivity contribution in [2.45, 2.75) is 56.4 Å². The van der Waals surface area contributed by atoms with E-state index in [1.165, 1.54) is 13.2 Å². The lowest BCUT2D eigenvalue weighted by atomic mass is 9.76. The Morgan fingerprint density at radius 3 is 2.40 bits per heavy atom. The molecule has 0 bridgehead atoms. The Morgan fingerprint density at radius 1 is 0.956 bits per heavy atom.